The zero-order valence-corrected chi connectivity index (χ0v) is 29.6. The van der Waals surface area contributed by atoms with E-state index in [4.69, 9.17) is 35.3 Å². The zero-order chi connectivity index (χ0) is 34.7. The van der Waals surface area contributed by atoms with Crippen LogP contribution < -0.4 is 10.6 Å². The second-order valence-corrected chi connectivity index (χ2v) is 12.2. The largest absolute Gasteiger partial charge is 0.379 e. The average molecular weight is 701 g/mol. The molecule has 2 atom stereocenters. The summed E-state index contributed by atoms with van der Waals surface area (Å²) < 4.78 is 27.8. The van der Waals surface area contributed by atoms with Crippen LogP contribution in [0.2, 0.25) is 0 Å². The van der Waals surface area contributed by atoms with Gasteiger partial charge in [-0.15, -0.1) is 11.6 Å². The Kier molecular flexibility index (Phi) is 22.1. The van der Waals surface area contributed by atoms with E-state index < -0.39 is 17.9 Å². The lowest BCUT2D eigenvalue weighted by atomic mass is 9.67. The summed E-state index contributed by atoms with van der Waals surface area (Å²) in [5.74, 6) is 0.728. The highest BCUT2D eigenvalue weighted by atomic mass is 35.5. The number of alkyl halides is 1. The van der Waals surface area contributed by atoms with Crippen molar-refractivity contribution < 1.29 is 33.9 Å². The quantitative estimate of drug-likeness (QED) is 0.0327. The second-order valence-electron chi connectivity index (χ2n) is 11.8. The molecular weight excluding hydrogens is 644 g/mol. The van der Waals surface area contributed by atoms with E-state index in [9.17, 15) is 10.2 Å². The Morgan fingerprint density at radius 1 is 0.490 bits per heavy atom. The fourth-order valence-electron chi connectivity index (χ4n) is 5.65. The molecule has 0 radical (unpaired) electrons. The van der Waals surface area contributed by atoms with Gasteiger partial charge in [-0.25, -0.2) is 0 Å². The van der Waals surface area contributed by atoms with Crippen LogP contribution in [-0.4, -0.2) is 108 Å². The highest BCUT2D eigenvalue weighted by molar-refractivity contribution is 6.17. The summed E-state index contributed by atoms with van der Waals surface area (Å²) in [5.41, 5.74) is 2.84. The third kappa shape index (κ3) is 16.4. The van der Waals surface area contributed by atoms with E-state index in [0.29, 0.717) is 72.4 Å². The average Bonchev–Trinajstić information content (AvgIpc) is 3.14. The molecule has 0 aliphatic heterocycles. The molecule has 0 aromatic heterocycles. The number of aliphatic hydroxyl groups is 2. The molecule has 0 aliphatic carbocycles. The highest BCUT2D eigenvalue weighted by Crippen LogP contribution is 2.42. The van der Waals surface area contributed by atoms with Crippen LogP contribution in [-0.2, 0) is 29.1 Å². The van der Waals surface area contributed by atoms with Crippen LogP contribution in [0.5, 0.6) is 0 Å². The monoisotopic (exact) mass is 700 g/mol. The maximum Gasteiger partial charge on any atom is 0.128 e. The number of nitrogens with one attached hydrogen (secondary N) is 2. The molecular formula is C39H57ClN2O7. The van der Waals surface area contributed by atoms with Crippen LogP contribution in [0.15, 0.2) is 91.0 Å². The first-order valence-electron chi connectivity index (χ1n) is 17.6. The number of hydrogen-bond acceptors (Lipinski definition) is 9. The van der Waals surface area contributed by atoms with Crippen molar-refractivity contribution in [3.05, 3.63) is 108 Å². The molecule has 0 bridgehead atoms. The molecule has 3 rings (SSSR count). The number of rotatable bonds is 30. The SMILES string of the molecule is OC(COCCOCCOCCNC(O)CC(c1ccccc1)(c1ccccc1)c1ccccc1)NCCOCCOCCCCCCCl. The summed E-state index contributed by atoms with van der Waals surface area (Å²) in [6, 6.07) is 31.1. The van der Waals surface area contributed by atoms with Gasteiger partial charge in [0.05, 0.1) is 59.5 Å². The Morgan fingerprint density at radius 3 is 1.39 bits per heavy atom. The summed E-state index contributed by atoms with van der Waals surface area (Å²) in [4.78, 5) is 0. The molecule has 2 unspecified atom stereocenters. The fraction of sp³-hybridized carbons (Fsp3) is 0.538. The van der Waals surface area contributed by atoms with Gasteiger partial charge in [0.15, 0.2) is 0 Å². The fourth-order valence-corrected chi connectivity index (χ4v) is 5.84. The second kappa shape index (κ2) is 26.4. The molecule has 0 heterocycles. The maximum absolute atomic E-state index is 11.2. The highest BCUT2D eigenvalue weighted by Gasteiger charge is 2.38. The van der Waals surface area contributed by atoms with E-state index in [-0.39, 0.29) is 6.61 Å². The Labute approximate surface area is 298 Å². The van der Waals surface area contributed by atoms with Crippen molar-refractivity contribution in [1.82, 2.24) is 10.6 Å². The van der Waals surface area contributed by atoms with Crippen molar-refractivity contribution in [2.24, 2.45) is 0 Å². The molecule has 3 aromatic carbocycles. The van der Waals surface area contributed by atoms with Gasteiger partial charge in [-0.2, -0.15) is 0 Å². The van der Waals surface area contributed by atoms with E-state index in [0.717, 1.165) is 54.9 Å². The Bertz CT molecular complexity index is 1080. The summed E-state index contributed by atoms with van der Waals surface area (Å²) in [6.45, 7) is 5.63. The van der Waals surface area contributed by atoms with Crippen molar-refractivity contribution in [3.8, 4) is 0 Å². The number of halogens is 1. The summed E-state index contributed by atoms with van der Waals surface area (Å²) >= 11 is 5.67. The number of hydrogen-bond donors (Lipinski definition) is 4. The lowest BCUT2D eigenvalue weighted by Gasteiger charge is -2.38. The van der Waals surface area contributed by atoms with E-state index in [1.165, 1.54) is 0 Å². The van der Waals surface area contributed by atoms with Crippen LogP contribution in [0.4, 0.5) is 0 Å². The summed E-state index contributed by atoms with van der Waals surface area (Å²) in [7, 11) is 0. The van der Waals surface area contributed by atoms with Gasteiger partial charge in [-0.3, -0.25) is 10.6 Å². The molecule has 3 aromatic rings. The number of ether oxygens (including phenoxy) is 5. The maximum atomic E-state index is 11.2. The molecule has 0 fully saturated rings. The first kappa shape index (κ1) is 41.0. The van der Waals surface area contributed by atoms with Gasteiger partial charge in [0.2, 0.25) is 0 Å². The topological polar surface area (TPSA) is 111 Å². The molecule has 0 aliphatic rings. The van der Waals surface area contributed by atoms with Crippen molar-refractivity contribution in [2.75, 3.05) is 85.0 Å². The van der Waals surface area contributed by atoms with Gasteiger partial charge in [0.25, 0.3) is 0 Å². The third-order valence-corrected chi connectivity index (χ3v) is 8.38. The standard InChI is InChI=1S/C39H57ClN2O7/c40-20-12-1-2-13-23-45-26-27-47-25-22-42-38(44)33-49-31-30-48-29-28-46-24-21-41-37(43)32-39(34-14-6-3-7-15-34,35-16-8-4-9-17-35)36-18-10-5-11-19-36/h3-11,14-19,37-38,41-44H,1-2,12-13,20-33H2. The predicted molar refractivity (Wildman–Crippen MR) is 195 cm³/mol. The summed E-state index contributed by atoms with van der Waals surface area (Å²) in [6.07, 6.45) is 3.34. The molecule has 0 amide bonds. The van der Waals surface area contributed by atoms with Gasteiger partial charge >= 0.3 is 0 Å². The van der Waals surface area contributed by atoms with Crippen LogP contribution in [0.3, 0.4) is 0 Å². The van der Waals surface area contributed by atoms with Crippen LogP contribution in [0.1, 0.15) is 48.8 Å². The van der Waals surface area contributed by atoms with Crippen LogP contribution >= 0.6 is 11.6 Å². The molecule has 4 N–H and O–H groups in total. The lowest BCUT2D eigenvalue weighted by molar-refractivity contribution is -0.0206. The minimum atomic E-state index is -0.766. The first-order valence-corrected chi connectivity index (χ1v) is 18.1. The van der Waals surface area contributed by atoms with Gasteiger partial charge in [-0.1, -0.05) is 104 Å². The normalized spacial score (nSPS) is 13.0. The number of unbranched alkanes of at least 4 members (excludes halogenated alkanes) is 3. The summed E-state index contributed by atoms with van der Waals surface area (Å²) in [5, 5.41) is 27.4. The Balaban J connectivity index is 1.21. The molecule has 9 nitrogen and oxygen atoms in total. The minimum Gasteiger partial charge on any atom is -0.379 e. The minimum absolute atomic E-state index is 0.167. The van der Waals surface area contributed by atoms with Gasteiger partial charge in [-0.05, 0) is 29.5 Å². The van der Waals surface area contributed by atoms with Gasteiger partial charge < -0.3 is 33.9 Å². The van der Waals surface area contributed by atoms with Crippen molar-refractivity contribution >= 4 is 11.6 Å². The van der Waals surface area contributed by atoms with Crippen molar-refractivity contribution in [2.45, 2.75) is 50.0 Å². The Morgan fingerprint density at radius 2 is 0.898 bits per heavy atom. The van der Waals surface area contributed by atoms with Crippen LogP contribution in [0, 0.1) is 0 Å². The third-order valence-electron chi connectivity index (χ3n) is 8.12. The van der Waals surface area contributed by atoms with Gasteiger partial charge in [0.1, 0.15) is 12.5 Å². The van der Waals surface area contributed by atoms with E-state index in [1.54, 1.807) is 0 Å². The van der Waals surface area contributed by atoms with E-state index in [1.807, 2.05) is 54.6 Å². The molecule has 0 saturated carbocycles. The smallest absolute Gasteiger partial charge is 0.128 e. The predicted octanol–water partition coefficient (Wildman–Crippen LogP) is 5.11. The molecule has 0 spiro atoms. The van der Waals surface area contributed by atoms with Crippen molar-refractivity contribution in [3.63, 3.8) is 0 Å². The van der Waals surface area contributed by atoms with Crippen molar-refractivity contribution in [1.29, 1.82) is 0 Å². The van der Waals surface area contributed by atoms with Crippen LogP contribution in [0.25, 0.3) is 0 Å². The lowest BCUT2D eigenvalue weighted by Crippen LogP contribution is -2.41. The molecule has 49 heavy (non-hydrogen) atoms. The Hall–Kier alpha value is -2.41. The number of benzene rings is 3. The van der Waals surface area contributed by atoms with E-state index >= 15 is 0 Å². The number of aliphatic hydroxyl groups excluding tert-OH is 2. The molecule has 10 heteroatoms. The zero-order valence-electron chi connectivity index (χ0n) is 28.9. The van der Waals surface area contributed by atoms with E-state index in [2.05, 4.69) is 47.0 Å². The first-order chi connectivity index (χ1) is 24.2. The molecule has 272 valence electrons. The molecule has 0 saturated heterocycles. The van der Waals surface area contributed by atoms with Gasteiger partial charge in [0, 0.05) is 37.4 Å².